The molecule has 0 saturated heterocycles. The second-order valence-electron chi connectivity index (χ2n) is 5.55. The Morgan fingerprint density at radius 2 is 2.35 bits per heavy atom. The van der Waals surface area contributed by atoms with E-state index in [-0.39, 0.29) is 0 Å². The van der Waals surface area contributed by atoms with Crippen molar-refractivity contribution in [2.45, 2.75) is 39.3 Å². The van der Waals surface area contributed by atoms with Gasteiger partial charge in [0.25, 0.3) is 0 Å². The minimum atomic E-state index is 0.556. The average Bonchev–Trinajstić information content (AvgIpc) is 3.01. The highest BCUT2D eigenvalue weighted by Crippen LogP contribution is 2.44. The summed E-state index contributed by atoms with van der Waals surface area (Å²) in [5, 5.41) is 7.48. The smallest absolute Gasteiger partial charge is 0.150 e. The molecule has 2 aliphatic carbocycles. The molecule has 1 aromatic heterocycles. The van der Waals surface area contributed by atoms with Crippen LogP contribution in [-0.2, 0) is 6.54 Å². The number of nitrogens with zero attached hydrogens (tertiary/aromatic N) is 1. The van der Waals surface area contributed by atoms with Gasteiger partial charge in [-0.2, -0.15) is 0 Å². The number of aromatic nitrogens is 1. The van der Waals surface area contributed by atoms with Gasteiger partial charge < -0.3 is 9.84 Å². The summed E-state index contributed by atoms with van der Waals surface area (Å²) in [7, 11) is 0. The zero-order valence-corrected chi connectivity index (χ0v) is 10.5. The highest BCUT2D eigenvalue weighted by atomic mass is 16.5. The van der Waals surface area contributed by atoms with Crippen LogP contribution in [0.1, 0.15) is 31.2 Å². The molecule has 0 amide bonds. The Labute approximate surface area is 102 Å². The molecule has 0 aromatic carbocycles. The van der Waals surface area contributed by atoms with Gasteiger partial charge in [-0.05, 0) is 44.4 Å². The van der Waals surface area contributed by atoms with Crippen molar-refractivity contribution in [2.24, 2.45) is 17.8 Å². The van der Waals surface area contributed by atoms with Crippen molar-refractivity contribution < 1.29 is 4.52 Å². The van der Waals surface area contributed by atoms with Crippen molar-refractivity contribution in [3.05, 3.63) is 29.7 Å². The minimum Gasteiger partial charge on any atom is -0.360 e. The second-order valence-corrected chi connectivity index (χ2v) is 5.55. The van der Waals surface area contributed by atoms with Crippen molar-refractivity contribution in [3.8, 4) is 0 Å². The summed E-state index contributed by atoms with van der Waals surface area (Å²) in [6, 6.07) is 2.56. The molecule has 3 heteroatoms. The Morgan fingerprint density at radius 1 is 1.47 bits per heavy atom. The number of fused-ring (bicyclic) bond motifs is 2. The predicted octanol–water partition coefficient (Wildman–Crippen LogP) is 2.67. The average molecular weight is 232 g/mol. The summed E-state index contributed by atoms with van der Waals surface area (Å²) in [4.78, 5) is 0. The van der Waals surface area contributed by atoms with Crippen LogP contribution in [0.4, 0.5) is 0 Å². The summed E-state index contributed by atoms with van der Waals surface area (Å²) in [6.07, 6.45) is 7.53. The first-order chi connectivity index (χ1) is 8.22. The van der Waals surface area contributed by atoms with Gasteiger partial charge in [-0.25, -0.2) is 0 Å². The van der Waals surface area contributed by atoms with E-state index in [4.69, 9.17) is 4.52 Å². The van der Waals surface area contributed by atoms with E-state index in [0.29, 0.717) is 6.04 Å². The van der Waals surface area contributed by atoms with E-state index >= 15 is 0 Å². The number of nitrogens with one attached hydrogen (secondary N) is 1. The molecule has 0 aliphatic heterocycles. The number of allylic oxidation sites excluding steroid dienone is 2. The summed E-state index contributed by atoms with van der Waals surface area (Å²) in [5.41, 5.74) is 0.956. The van der Waals surface area contributed by atoms with Crippen molar-refractivity contribution in [1.29, 1.82) is 0 Å². The topological polar surface area (TPSA) is 38.1 Å². The summed E-state index contributed by atoms with van der Waals surface area (Å²) in [6.45, 7) is 5.04. The first-order valence-electron chi connectivity index (χ1n) is 6.56. The molecule has 0 spiro atoms. The fraction of sp³-hybridized carbons (Fsp3) is 0.643. The van der Waals surface area contributed by atoms with E-state index in [2.05, 4.69) is 29.5 Å². The van der Waals surface area contributed by atoms with Crippen LogP contribution >= 0.6 is 0 Å². The molecule has 3 nitrogen and oxygen atoms in total. The molecule has 1 heterocycles. The van der Waals surface area contributed by atoms with Crippen molar-refractivity contribution in [3.63, 3.8) is 0 Å². The molecule has 3 rings (SSSR count). The molecule has 2 aliphatic rings. The van der Waals surface area contributed by atoms with Gasteiger partial charge in [0.05, 0.1) is 12.2 Å². The van der Waals surface area contributed by atoms with Crippen molar-refractivity contribution in [2.75, 3.05) is 0 Å². The zero-order chi connectivity index (χ0) is 11.8. The van der Waals surface area contributed by atoms with E-state index in [1.807, 2.05) is 13.0 Å². The maximum atomic E-state index is 5.21. The van der Waals surface area contributed by atoms with Crippen LogP contribution in [-0.4, -0.2) is 11.2 Å². The standard InChI is InChI=1S/C14H20N2O/c1-9-5-13(17-16-9)8-15-10(2)14-7-11-3-4-12(14)6-11/h3-5,10-12,14-15H,6-8H2,1-2H3. The van der Waals surface area contributed by atoms with E-state index in [1.165, 1.54) is 12.8 Å². The monoisotopic (exact) mass is 232 g/mol. The van der Waals surface area contributed by atoms with Crippen LogP contribution < -0.4 is 5.32 Å². The Morgan fingerprint density at radius 3 is 2.94 bits per heavy atom. The van der Waals surface area contributed by atoms with Gasteiger partial charge >= 0.3 is 0 Å². The van der Waals surface area contributed by atoms with Gasteiger partial charge in [0, 0.05) is 12.1 Å². The fourth-order valence-electron chi connectivity index (χ4n) is 3.31. The van der Waals surface area contributed by atoms with Crippen LogP contribution in [0.3, 0.4) is 0 Å². The molecule has 92 valence electrons. The van der Waals surface area contributed by atoms with Crippen LogP contribution in [0.2, 0.25) is 0 Å². The molecule has 1 aromatic rings. The van der Waals surface area contributed by atoms with Gasteiger partial charge in [0.2, 0.25) is 0 Å². The van der Waals surface area contributed by atoms with Crippen LogP contribution in [0.5, 0.6) is 0 Å². The Kier molecular flexibility index (Phi) is 2.79. The minimum absolute atomic E-state index is 0.556. The normalized spacial score (nSPS) is 32.2. The molecule has 2 bridgehead atoms. The summed E-state index contributed by atoms with van der Waals surface area (Å²) < 4.78 is 5.21. The molecule has 1 saturated carbocycles. The number of aryl methyl sites for hydroxylation is 1. The van der Waals surface area contributed by atoms with Crippen LogP contribution in [0.15, 0.2) is 22.7 Å². The lowest BCUT2D eigenvalue weighted by Crippen LogP contribution is -2.35. The molecule has 17 heavy (non-hydrogen) atoms. The van der Waals surface area contributed by atoms with Gasteiger partial charge in [0.15, 0.2) is 5.76 Å². The molecule has 1 fully saturated rings. The van der Waals surface area contributed by atoms with Crippen LogP contribution in [0.25, 0.3) is 0 Å². The molecule has 1 N–H and O–H groups in total. The lowest BCUT2D eigenvalue weighted by atomic mass is 9.87. The Hall–Kier alpha value is -1.09. The summed E-state index contributed by atoms with van der Waals surface area (Å²) >= 11 is 0. The first kappa shape index (κ1) is 11.0. The fourth-order valence-corrected chi connectivity index (χ4v) is 3.31. The third-order valence-electron chi connectivity index (χ3n) is 4.25. The Balaban J connectivity index is 1.54. The van der Waals surface area contributed by atoms with E-state index in [1.54, 1.807) is 0 Å². The number of hydrogen-bond donors (Lipinski definition) is 1. The highest BCUT2D eigenvalue weighted by molar-refractivity contribution is 5.12. The maximum Gasteiger partial charge on any atom is 0.150 e. The number of rotatable bonds is 4. The largest absolute Gasteiger partial charge is 0.360 e. The Bertz CT molecular complexity index is 424. The molecular formula is C14H20N2O. The van der Waals surface area contributed by atoms with Gasteiger partial charge in [-0.15, -0.1) is 0 Å². The van der Waals surface area contributed by atoms with E-state index in [9.17, 15) is 0 Å². The summed E-state index contributed by atoms with van der Waals surface area (Å²) in [5.74, 6) is 3.39. The van der Waals surface area contributed by atoms with E-state index < -0.39 is 0 Å². The second kappa shape index (κ2) is 4.30. The van der Waals surface area contributed by atoms with Gasteiger partial charge in [-0.1, -0.05) is 17.3 Å². The van der Waals surface area contributed by atoms with Gasteiger partial charge in [-0.3, -0.25) is 0 Å². The quantitative estimate of drug-likeness (QED) is 0.811. The SMILES string of the molecule is Cc1cc(CNC(C)C2CC3C=CC2C3)on1. The molecule has 0 radical (unpaired) electrons. The first-order valence-corrected chi connectivity index (χ1v) is 6.56. The van der Waals surface area contributed by atoms with Gasteiger partial charge in [0.1, 0.15) is 0 Å². The number of hydrogen-bond acceptors (Lipinski definition) is 3. The third kappa shape index (κ3) is 2.16. The van der Waals surface area contributed by atoms with E-state index in [0.717, 1.165) is 35.8 Å². The maximum absolute atomic E-state index is 5.21. The zero-order valence-electron chi connectivity index (χ0n) is 10.5. The third-order valence-corrected chi connectivity index (χ3v) is 4.25. The lowest BCUT2D eigenvalue weighted by Gasteiger charge is -2.25. The lowest BCUT2D eigenvalue weighted by molar-refractivity contribution is 0.304. The highest BCUT2D eigenvalue weighted by Gasteiger charge is 2.38. The van der Waals surface area contributed by atoms with Crippen molar-refractivity contribution in [1.82, 2.24) is 10.5 Å². The molecule has 4 atom stereocenters. The van der Waals surface area contributed by atoms with Crippen LogP contribution in [0, 0.1) is 24.7 Å². The predicted molar refractivity (Wildman–Crippen MR) is 66.4 cm³/mol. The molecular weight excluding hydrogens is 212 g/mol. The van der Waals surface area contributed by atoms with Crippen molar-refractivity contribution >= 4 is 0 Å². The molecule has 4 unspecified atom stereocenters.